The predicted molar refractivity (Wildman–Crippen MR) is 57.9 cm³/mol. The molecule has 0 radical (unpaired) electrons. The van der Waals surface area contributed by atoms with Crippen molar-refractivity contribution in [2.45, 2.75) is 11.6 Å². The summed E-state index contributed by atoms with van der Waals surface area (Å²) in [6.45, 7) is 0. The van der Waals surface area contributed by atoms with E-state index in [0.717, 1.165) is 18.2 Å². The Morgan fingerprint density at radius 3 is 2.06 bits per heavy atom. The van der Waals surface area contributed by atoms with Crippen LogP contribution in [-0.2, 0) is 0 Å². The Kier molecular flexibility index (Phi) is 2.44. The second kappa shape index (κ2) is 3.54. The summed E-state index contributed by atoms with van der Waals surface area (Å²) in [5.74, 6) is -4.34. The first-order valence-corrected chi connectivity index (χ1v) is 4.79. The van der Waals surface area contributed by atoms with Gasteiger partial charge in [0.15, 0.2) is 0 Å². The molecule has 0 spiro atoms. The van der Waals surface area contributed by atoms with Gasteiger partial charge in [0.1, 0.15) is 0 Å². The first-order chi connectivity index (χ1) is 7.41. The number of hydrogen-bond acceptors (Lipinski definition) is 4. The fraction of sp³-hybridized carbons (Fsp3) is 0.167. The fourth-order valence-corrected chi connectivity index (χ4v) is 1.61. The van der Waals surface area contributed by atoms with Crippen LogP contribution in [0.2, 0.25) is 0 Å². The Balaban J connectivity index is 2.50. The third kappa shape index (κ3) is 2.05. The quantitative estimate of drug-likeness (QED) is 0.397. The molecule has 1 aromatic carbocycles. The molecule has 0 amide bonds. The minimum Gasteiger partial charge on any atom is -0.359 e. The minimum absolute atomic E-state index is 0.0422. The molecular weight excluding hydrogens is 208 g/mol. The van der Waals surface area contributed by atoms with E-state index in [2.05, 4.69) is 0 Å². The zero-order valence-corrected chi connectivity index (χ0v) is 8.41. The van der Waals surface area contributed by atoms with E-state index < -0.39 is 11.6 Å². The highest BCUT2D eigenvalue weighted by Gasteiger charge is 2.35. The van der Waals surface area contributed by atoms with Crippen LogP contribution < -0.4 is 0 Å². The summed E-state index contributed by atoms with van der Waals surface area (Å²) < 4.78 is 0. The monoisotopic (exact) mass is 220 g/mol. The molecule has 0 fully saturated rings. The van der Waals surface area contributed by atoms with Gasteiger partial charge in [0, 0.05) is 5.57 Å². The Hall–Kier alpha value is -1.46. The maximum atomic E-state index is 9.70. The van der Waals surface area contributed by atoms with E-state index in [9.17, 15) is 20.4 Å². The minimum atomic E-state index is -2.18. The van der Waals surface area contributed by atoms with Crippen molar-refractivity contribution in [2.75, 3.05) is 0 Å². The molecule has 16 heavy (non-hydrogen) atoms. The van der Waals surface area contributed by atoms with Crippen molar-refractivity contribution in [1.29, 1.82) is 0 Å². The van der Waals surface area contributed by atoms with Gasteiger partial charge in [-0.1, -0.05) is 30.3 Å². The zero-order chi connectivity index (χ0) is 11.8. The summed E-state index contributed by atoms with van der Waals surface area (Å²) in [6.07, 6.45) is 2.86. The first-order valence-electron chi connectivity index (χ1n) is 4.79. The molecule has 2 rings (SSSR count). The average molecular weight is 220 g/mol. The third-order valence-corrected chi connectivity index (χ3v) is 2.40. The van der Waals surface area contributed by atoms with E-state index in [1.807, 2.05) is 0 Å². The molecule has 0 atom stereocenters. The second-order valence-corrected chi connectivity index (χ2v) is 3.77. The molecule has 1 aliphatic rings. The van der Waals surface area contributed by atoms with E-state index >= 15 is 0 Å². The van der Waals surface area contributed by atoms with E-state index in [4.69, 9.17) is 0 Å². The molecule has 0 bridgehead atoms. The van der Waals surface area contributed by atoms with Gasteiger partial charge in [0.2, 0.25) is 11.6 Å². The smallest absolute Gasteiger partial charge is 0.210 e. The lowest BCUT2D eigenvalue weighted by atomic mass is 9.90. The zero-order valence-electron chi connectivity index (χ0n) is 8.41. The summed E-state index contributed by atoms with van der Waals surface area (Å²) in [7, 11) is 0. The summed E-state index contributed by atoms with van der Waals surface area (Å²) in [5, 5.41) is 38.2. The van der Waals surface area contributed by atoms with Crippen molar-refractivity contribution in [1.82, 2.24) is 0 Å². The van der Waals surface area contributed by atoms with Crippen LogP contribution in [0.4, 0.5) is 0 Å². The van der Waals surface area contributed by atoms with Crippen molar-refractivity contribution >= 4 is 5.57 Å². The van der Waals surface area contributed by atoms with Gasteiger partial charge in [-0.05, 0) is 23.8 Å². The van der Waals surface area contributed by atoms with Crippen LogP contribution in [0.1, 0.15) is 5.56 Å². The second-order valence-electron chi connectivity index (χ2n) is 3.77. The molecule has 0 saturated heterocycles. The van der Waals surface area contributed by atoms with Crippen LogP contribution in [0.5, 0.6) is 0 Å². The molecule has 0 aliphatic heterocycles. The SMILES string of the molecule is OC1(O)C=CC(O)(O)C(c2ccccc2)=C1. The number of benzene rings is 1. The van der Waals surface area contributed by atoms with Gasteiger partial charge in [-0.2, -0.15) is 0 Å². The molecule has 0 aromatic heterocycles. The molecule has 0 heterocycles. The molecule has 1 aromatic rings. The predicted octanol–water partition coefficient (Wildman–Crippen LogP) is 0.00160. The average Bonchev–Trinajstić information content (AvgIpc) is 2.24. The highest BCUT2D eigenvalue weighted by atomic mass is 16.5. The first kappa shape index (κ1) is 11.0. The lowest BCUT2D eigenvalue weighted by molar-refractivity contribution is -0.0989. The largest absolute Gasteiger partial charge is 0.359 e. The summed E-state index contributed by atoms with van der Waals surface area (Å²) in [4.78, 5) is 0. The van der Waals surface area contributed by atoms with Crippen LogP contribution >= 0.6 is 0 Å². The van der Waals surface area contributed by atoms with E-state index in [1.165, 1.54) is 0 Å². The van der Waals surface area contributed by atoms with Gasteiger partial charge in [-0.25, -0.2) is 0 Å². The van der Waals surface area contributed by atoms with Crippen LogP contribution in [0.15, 0.2) is 48.6 Å². The molecule has 4 heteroatoms. The Morgan fingerprint density at radius 1 is 0.812 bits per heavy atom. The normalized spacial score (nSPS) is 21.6. The van der Waals surface area contributed by atoms with Crippen LogP contribution in [0, 0.1) is 0 Å². The van der Waals surface area contributed by atoms with E-state index in [1.54, 1.807) is 30.3 Å². The number of aliphatic hydroxyl groups is 4. The molecule has 4 nitrogen and oxygen atoms in total. The highest BCUT2D eigenvalue weighted by Crippen LogP contribution is 2.32. The fourth-order valence-electron chi connectivity index (χ4n) is 1.61. The molecule has 0 unspecified atom stereocenters. The summed E-state index contributed by atoms with van der Waals surface area (Å²) in [5.41, 5.74) is 0.560. The summed E-state index contributed by atoms with van der Waals surface area (Å²) in [6, 6.07) is 8.54. The van der Waals surface area contributed by atoms with Gasteiger partial charge >= 0.3 is 0 Å². The van der Waals surface area contributed by atoms with E-state index in [-0.39, 0.29) is 5.57 Å². The number of rotatable bonds is 1. The number of hydrogen-bond donors (Lipinski definition) is 4. The Labute approximate surface area is 92.4 Å². The topological polar surface area (TPSA) is 80.9 Å². The van der Waals surface area contributed by atoms with Crippen molar-refractivity contribution in [3.8, 4) is 0 Å². The third-order valence-electron chi connectivity index (χ3n) is 2.40. The lowest BCUT2D eigenvalue weighted by Crippen LogP contribution is -2.36. The van der Waals surface area contributed by atoms with Crippen LogP contribution in [0.3, 0.4) is 0 Å². The lowest BCUT2D eigenvalue weighted by Gasteiger charge is -2.29. The van der Waals surface area contributed by atoms with Crippen molar-refractivity contribution in [3.05, 3.63) is 54.1 Å². The maximum absolute atomic E-state index is 9.70. The molecule has 4 N–H and O–H groups in total. The van der Waals surface area contributed by atoms with Gasteiger partial charge in [-0.3, -0.25) is 0 Å². The van der Waals surface area contributed by atoms with Gasteiger partial charge in [-0.15, -0.1) is 0 Å². The van der Waals surface area contributed by atoms with Crippen molar-refractivity contribution in [2.24, 2.45) is 0 Å². The van der Waals surface area contributed by atoms with E-state index in [0.29, 0.717) is 5.56 Å². The van der Waals surface area contributed by atoms with Gasteiger partial charge < -0.3 is 20.4 Å². The standard InChI is InChI=1S/C12H12O4/c13-11(14)6-7-12(15,16)10(8-11)9-4-2-1-3-5-9/h1-8,13-16H. The Morgan fingerprint density at radius 2 is 1.44 bits per heavy atom. The van der Waals surface area contributed by atoms with Gasteiger partial charge in [0.25, 0.3) is 0 Å². The molecule has 0 saturated carbocycles. The maximum Gasteiger partial charge on any atom is 0.210 e. The Bertz CT molecular complexity index is 443. The molecule has 84 valence electrons. The summed E-state index contributed by atoms with van der Waals surface area (Å²) >= 11 is 0. The molecule has 1 aliphatic carbocycles. The van der Waals surface area contributed by atoms with Crippen LogP contribution in [0.25, 0.3) is 5.57 Å². The highest BCUT2D eigenvalue weighted by molar-refractivity contribution is 5.74. The van der Waals surface area contributed by atoms with Crippen molar-refractivity contribution in [3.63, 3.8) is 0 Å². The van der Waals surface area contributed by atoms with Crippen LogP contribution in [-0.4, -0.2) is 32.0 Å². The van der Waals surface area contributed by atoms with Crippen molar-refractivity contribution < 1.29 is 20.4 Å². The van der Waals surface area contributed by atoms with Gasteiger partial charge in [0.05, 0.1) is 0 Å². The molecular formula is C12H12O4.